The van der Waals surface area contributed by atoms with Gasteiger partial charge in [-0.2, -0.15) is 4.98 Å². The summed E-state index contributed by atoms with van der Waals surface area (Å²) in [5, 5.41) is 4.00. The van der Waals surface area contributed by atoms with E-state index >= 15 is 0 Å². The summed E-state index contributed by atoms with van der Waals surface area (Å²) in [5.41, 5.74) is 1.98. The number of ether oxygens (including phenoxy) is 2. The van der Waals surface area contributed by atoms with Gasteiger partial charge in [-0.15, -0.1) is 0 Å². The van der Waals surface area contributed by atoms with Gasteiger partial charge in [-0.25, -0.2) is 0 Å². The summed E-state index contributed by atoms with van der Waals surface area (Å²) >= 11 is 0. The Bertz CT molecular complexity index is 954. The minimum Gasteiger partial charge on any atom is -0.497 e. The number of carbonyl (C=O) groups excluding carboxylic acids is 1. The summed E-state index contributed by atoms with van der Waals surface area (Å²) in [6.45, 7) is 3.90. The van der Waals surface area contributed by atoms with Gasteiger partial charge in [0, 0.05) is 18.7 Å². The van der Waals surface area contributed by atoms with Crippen LogP contribution in [0.15, 0.2) is 53.1 Å². The highest BCUT2D eigenvalue weighted by Crippen LogP contribution is 2.21. The number of methoxy groups -OCH3 is 1. The molecule has 0 aliphatic heterocycles. The van der Waals surface area contributed by atoms with Crippen LogP contribution in [-0.4, -0.2) is 41.2 Å². The van der Waals surface area contributed by atoms with E-state index in [0.29, 0.717) is 23.2 Å². The molecule has 1 amide bonds. The number of benzene rings is 2. The lowest BCUT2D eigenvalue weighted by molar-refractivity contribution is -0.137. The molecule has 0 saturated carbocycles. The molecule has 0 saturated heterocycles. The first-order valence-electron chi connectivity index (χ1n) is 8.91. The van der Waals surface area contributed by atoms with Gasteiger partial charge in [0.1, 0.15) is 11.5 Å². The third-order valence-corrected chi connectivity index (χ3v) is 4.19. The van der Waals surface area contributed by atoms with Gasteiger partial charge in [-0.05, 0) is 32.0 Å². The van der Waals surface area contributed by atoms with Gasteiger partial charge in [-0.3, -0.25) is 4.79 Å². The number of likely N-dealkylation sites (N-methyl/N-ethyl adjacent to an activating group) is 1. The largest absolute Gasteiger partial charge is 0.497 e. The minimum absolute atomic E-state index is 0.196. The molecule has 7 heteroatoms. The Labute approximate surface area is 163 Å². The molecule has 0 bridgehead atoms. The van der Waals surface area contributed by atoms with Crippen LogP contribution in [0.4, 0.5) is 0 Å². The molecule has 1 heterocycles. The Morgan fingerprint density at radius 3 is 2.68 bits per heavy atom. The maximum atomic E-state index is 12.6. The van der Waals surface area contributed by atoms with E-state index in [1.807, 2.05) is 37.3 Å². The van der Waals surface area contributed by atoms with Crippen LogP contribution in [0.3, 0.4) is 0 Å². The number of rotatable bonds is 7. The zero-order chi connectivity index (χ0) is 20.1. The van der Waals surface area contributed by atoms with Crippen LogP contribution in [-0.2, 0) is 11.3 Å². The first kappa shape index (κ1) is 19.4. The van der Waals surface area contributed by atoms with Gasteiger partial charge in [0.15, 0.2) is 6.10 Å². The van der Waals surface area contributed by atoms with Gasteiger partial charge in [-0.1, -0.05) is 35.0 Å². The smallest absolute Gasteiger partial charge is 0.263 e. The fourth-order valence-electron chi connectivity index (χ4n) is 2.74. The Morgan fingerprint density at radius 2 is 1.93 bits per heavy atom. The summed E-state index contributed by atoms with van der Waals surface area (Å²) in [5.74, 6) is 1.90. The van der Waals surface area contributed by atoms with Gasteiger partial charge >= 0.3 is 0 Å². The number of aromatic nitrogens is 2. The van der Waals surface area contributed by atoms with Crippen molar-refractivity contribution < 1.29 is 18.8 Å². The molecule has 0 fully saturated rings. The second-order valence-electron chi connectivity index (χ2n) is 6.51. The van der Waals surface area contributed by atoms with E-state index in [0.717, 1.165) is 11.1 Å². The molecule has 0 N–H and O–H groups in total. The lowest BCUT2D eigenvalue weighted by Crippen LogP contribution is -2.37. The van der Waals surface area contributed by atoms with E-state index in [2.05, 4.69) is 10.1 Å². The number of hydrogen-bond donors (Lipinski definition) is 0. The Balaban J connectivity index is 1.62. The highest BCUT2D eigenvalue weighted by molar-refractivity contribution is 5.80. The molecule has 0 aliphatic carbocycles. The molecule has 2 aromatic carbocycles. The molecule has 3 rings (SSSR count). The van der Waals surface area contributed by atoms with Crippen molar-refractivity contribution in [2.45, 2.75) is 26.5 Å². The highest BCUT2D eigenvalue weighted by atomic mass is 16.5. The number of hydrogen-bond acceptors (Lipinski definition) is 6. The summed E-state index contributed by atoms with van der Waals surface area (Å²) in [6, 6.07) is 15.0. The quantitative estimate of drug-likeness (QED) is 0.624. The van der Waals surface area contributed by atoms with Crippen LogP contribution in [0.2, 0.25) is 0 Å². The van der Waals surface area contributed by atoms with Crippen LogP contribution >= 0.6 is 0 Å². The third-order valence-electron chi connectivity index (χ3n) is 4.19. The highest BCUT2D eigenvalue weighted by Gasteiger charge is 2.21. The van der Waals surface area contributed by atoms with E-state index in [4.69, 9.17) is 14.0 Å². The van der Waals surface area contributed by atoms with Crippen molar-refractivity contribution in [1.82, 2.24) is 15.0 Å². The molecule has 3 aromatic rings. The normalized spacial score (nSPS) is 11.7. The van der Waals surface area contributed by atoms with Crippen LogP contribution < -0.4 is 9.47 Å². The lowest BCUT2D eigenvalue weighted by atomic mass is 10.1. The van der Waals surface area contributed by atoms with Crippen molar-refractivity contribution >= 4 is 5.91 Å². The predicted molar refractivity (Wildman–Crippen MR) is 104 cm³/mol. The Kier molecular flexibility index (Phi) is 5.93. The van der Waals surface area contributed by atoms with Crippen molar-refractivity contribution in [3.63, 3.8) is 0 Å². The predicted octanol–water partition coefficient (Wildman–Crippen LogP) is 3.48. The fraction of sp³-hybridized carbons (Fsp3) is 0.286. The maximum absolute atomic E-state index is 12.6. The number of amides is 1. The topological polar surface area (TPSA) is 77.7 Å². The Morgan fingerprint density at radius 1 is 1.18 bits per heavy atom. The van der Waals surface area contributed by atoms with Gasteiger partial charge in [0.25, 0.3) is 5.91 Å². The van der Waals surface area contributed by atoms with E-state index < -0.39 is 6.10 Å². The van der Waals surface area contributed by atoms with Crippen molar-refractivity contribution in [2.24, 2.45) is 0 Å². The first-order valence-corrected chi connectivity index (χ1v) is 8.91. The molecular formula is C21H23N3O4. The van der Waals surface area contributed by atoms with Crippen LogP contribution in [0, 0.1) is 6.92 Å². The van der Waals surface area contributed by atoms with Crippen LogP contribution in [0.1, 0.15) is 18.4 Å². The summed E-state index contributed by atoms with van der Waals surface area (Å²) < 4.78 is 16.2. The van der Waals surface area contributed by atoms with Crippen molar-refractivity contribution in [3.8, 4) is 22.9 Å². The number of nitrogens with zero attached hydrogens (tertiary/aromatic N) is 3. The fourth-order valence-corrected chi connectivity index (χ4v) is 2.74. The van der Waals surface area contributed by atoms with E-state index in [-0.39, 0.29) is 12.5 Å². The second kappa shape index (κ2) is 8.56. The average Bonchev–Trinajstić information content (AvgIpc) is 3.16. The summed E-state index contributed by atoms with van der Waals surface area (Å²) in [4.78, 5) is 18.5. The summed E-state index contributed by atoms with van der Waals surface area (Å²) in [7, 11) is 3.25. The Hall–Kier alpha value is -3.35. The minimum atomic E-state index is -0.670. The SMILES string of the molecule is COc1cccc(OC(C)C(=O)N(C)Cc2nc(-c3cccc(C)c3)no2)c1. The monoisotopic (exact) mass is 381 g/mol. The van der Waals surface area contributed by atoms with Gasteiger partial charge < -0.3 is 18.9 Å². The molecule has 1 atom stereocenters. The molecule has 0 spiro atoms. The van der Waals surface area contributed by atoms with Crippen molar-refractivity contribution in [2.75, 3.05) is 14.2 Å². The van der Waals surface area contributed by atoms with E-state index in [1.54, 1.807) is 39.3 Å². The first-order chi connectivity index (χ1) is 13.5. The zero-order valence-corrected chi connectivity index (χ0v) is 16.4. The van der Waals surface area contributed by atoms with Crippen LogP contribution in [0.25, 0.3) is 11.4 Å². The standard InChI is InChI=1S/C21H23N3O4/c1-14-7-5-8-16(11-14)20-22-19(28-23-20)13-24(3)21(25)15(2)27-18-10-6-9-17(12-18)26-4/h5-12,15H,13H2,1-4H3. The molecule has 7 nitrogen and oxygen atoms in total. The molecule has 146 valence electrons. The number of carbonyl (C=O) groups is 1. The van der Waals surface area contributed by atoms with Gasteiger partial charge in [0.2, 0.25) is 11.7 Å². The van der Waals surface area contributed by atoms with Gasteiger partial charge in [0.05, 0.1) is 13.7 Å². The van der Waals surface area contributed by atoms with Crippen molar-refractivity contribution in [3.05, 3.63) is 60.0 Å². The molecular weight excluding hydrogens is 358 g/mol. The summed E-state index contributed by atoms with van der Waals surface area (Å²) in [6.07, 6.45) is -0.670. The number of aryl methyl sites for hydroxylation is 1. The lowest BCUT2D eigenvalue weighted by Gasteiger charge is -2.20. The molecule has 1 aromatic heterocycles. The molecule has 0 aliphatic rings. The molecule has 0 radical (unpaired) electrons. The third kappa shape index (κ3) is 4.68. The van der Waals surface area contributed by atoms with E-state index in [9.17, 15) is 4.79 Å². The maximum Gasteiger partial charge on any atom is 0.263 e. The zero-order valence-electron chi connectivity index (χ0n) is 16.4. The van der Waals surface area contributed by atoms with Crippen LogP contribution in [0.5, 0.6) is 11.5 Å². The average molecular weight is 381 g/mol. The molecule has 1 unspecified atom stereocenters. The molecule has 28 heavy (non-hydrogen) atoms. The second-order valence-corrected chi connectivity index (χ2v) is 6.51. The van der Waals surface area contributed by atoms with Crippen molar-refractivity contribution in [1.29, 1.82) is 0 Å². The van der Waals surface area contributed by atoms with E-state index in [1.165, 1.54) is 4.90 Å².